The average Bonchev–Trinajstić information content (AvgIpc) is 2.72. The normalized spacial score (nSPS) is 10.6. The van der Waals surface area contributed by atoms with Crippen LogP contribution in [0.15, 0.2) is 73.5 Å². The molecule has 1 aromatic heterocycles. The van der Waals surface area contributed by atoms with Crippen LogP contribution in [0.4, 0.5) is 16.2 Å². The summed E-state index contributed by atoms with van der Waals surface area (Å²) in [5, 5.41) is 8.04. The molecule has 0 bridgehead atoms. The number of urea groups is 1. The number of carbonyl (C=O) groups is 2. The molecule has 3 amide bonds. The lowest BCUT2D eigenvalue weighted by atomic mass is 10.2. The molecule has 28 heavy (non-hydrogen) atoms. The molecule has 3 N–H and O–H groups in total. The molecule has 2 aromatic carbocycles. The minimum atomic E-state index is -0.323. The molecule has 0 aliphatic heterocycles. The fraction of sp³-hybridized carbons (Fsp3) is 0.0476. The SMILES string of the molecule is C=CCNC(=O)Nc1ccc(NC(=O)/C=C/c2cnc3ccccc3n2)cc1. The van der Waals surface area contributed by atoms with Crippen molar-refractivity contribution in [1.82, 2.24) is 15.3 Å². The zero-order valence-corrected chi connectivity index (χ0v) is 15.1. The van der Waals surface area contributed by atoms with E-state index in [2.05, 4.69) is 32.5 Å². The summed E-state index contributed by atoms with van der Waals surface area (Å²) in [4.78, 5) is 32.4. The molecule has 7 nitrogen and oxygen atoms in total. The average molecular weight is 373 g/mol. The molecule has 0 atom stereocenters. The van der Waals surface area contributed by atoms with Gasteiger partial charge in [0, 0.05) is 24.0 Å². The Morgan fingerprint density at radius 2 is 1.64 bits per heavy atom. The number of anilines is 2. The Kier molecular flexibility index (Phi) is 6.10. The first-order chi connectivity index (χ1) is 13.6. The summed E-state index contributed by atoms with van der Waals surface area (Å²) in [5.74, 6) is -0.292. The summed E-state index contributed by atoms with van der Waals surface area (Å²) >= 11 is 0. The molecule has 140 valence electrons. The standard InChI is InChI=1S/C21H19N5O2/c1-2-13-22-21(28)26-16-9-7-15(8-10-16)25-20(27)12-11-17-14-23-18-5-3-4-6-19(18)24-17/h2-12,14H,1,13H2,(H,25,27)(H2,22,26,28)/b12-11+. The van der Waals surface area contributed by atoms with Gasteiger partial charge in [-0.05, 0) is 42.5 Å². The number of benzene rings is 2. The number of para-hydroxylation sites is 2. The van der Waals surface area contributed by atoms with Crippen LogP contribution in [0, 0.1) is 0 Å². The van der Waals surface area contributed by atoms with E-state index in [0.717, 1.165) is 11.0 Å². The fourth-order valence-electron chi connectivity index (χ4n) is 2.37. The van der Waals surface area contributed by atoms with Gasteiger partial charge in [-0.15, -0.1) is 6.58 Å². The van der Waals surface area contributed by atoms with E-state index in [9.17, 15) is 9.59 Å². The molecule has 7 heteroatoms. The summed E-state index contributed by atoms with van der Waals surface area (Å²) in [6.45, 7) is 3.91. The molecule has 0 saturated carbocycles. The smallest absolute Gasteiger partial charge is 0.319 e. The van der Waals surface area contributed by atoms with E-state index in [1.54, 1.807) is 42.6 Å². The van der Waals surface area contributed by atoms with Crippen molar-refractivity contribution in [1.29, 1.82) is 0 Å². The lowest BCUT2D eigenvalue weighted by Gasteiger charge is -2.07. The number of fused-ring (bicyclic) bond motifs is 1. The van der Waals surface area contributed by atoms with Crippen LogP contribution in [0.2, 0.25) is 0 Å². The van der Waals surface area contributed by atoms with Gasteiger partial charge in [0.15, 0.2) is 0 Å². The van der Waals surface area contributed by atoms with E-state index < -0.39 is 0 Å². The summed E-state index contributed by atoms with van der Waals surface area (Å²) in [6, 6.07) is 14.0. The molecule has 0 spiro atoms. The van der Waals surface area contributed by atoms with Crippen molar-refractivity contribution in [3.63, 3.8) is 0 Å². The second kappa shape index (κ2) is 9.09. The number of rotatable bonds is 6. The number of hydrogen-bond donors (Lipinski definition) is 3. The number of hydrogen-bond acceptors (Lipinski definition) is 4. The second-order valence-electron chi connectivity index (χ2n) is 5.81. The van der Waals surface area contributed by atoms with Crippen LogP contribution >= 0.6 is 0 Å². The van der Waals surface area contributed by atoms with Gasteiger partial charge in [0.25, 0.3) is 0 Å². The lowest BCUT2D eigenvalue weighted by molar-refractivity contribution is -0.111. The highest BCUT2D eigenvalue weighted by Crippen LogP contribution is 2.14. The van der Waals surface area contributed by atoms with Crippen LogP contribution < -0.4 is 16.0 Å². The van der Waals surface area contributed by atoms with Gasteiger partial charge in [0.1, 0.15) is 0 Å². The molecule has 3 rings (SSSR count). The molecule has 0 fully saturated rings. The number of carbonyl (C=O) groups excluding carboxylic acids is 2. The van der Waals surface area contributed by atoms with Gasteiger partial charge in [0.2, 0.25) is 5.91 Å². The Hall–Kier alpha value is -4.00. The van der Waals surface area contributed by atoms with Gasteiger partial charge in [-0.2, -0.15) is 0 Å². The van der Waals surface area contributed by atoms with Crippen LogP contribution in [0.25, 0.3) is 17.1 Å². The van der Waals surface area contributed by atoms with Gasteiger partial charge in [0.05, 0.1) is 22.9 Å². The van der Waals surface area contributed by atoms with Crippen LogP contribution in [-0.2, 0) is 4.79 Å². The van der Waals surface area contributed by atoms with Crippen LogP contribution in [0.3, 0.4) is 0 Å². The van der Waals surface area contributed by atoms with E-state index in [4.69, 9.17) is 0 Å². The molecule has 1 heterocycles. The molecule has 0 radical (unpaired) electrons. The van der Waals surface area contributed by atoms with E-state index in [0.29, 0.717) is 23.6 Å². The van der Waals surface area contributed by atoms with E-state index in [1.807, 2.05) is 24.3 Å². The molecule has 0 aliphatic carbocycles. The zero-order valence-electron chi connectivity index (χ0n) is 15.1. The Labute approximate surface area is 162 Å². The molecule has 0 aliphatic rings. The Morgan fingerprint density at radius 3 is 2.36 bits per heavy atom. The predicted molar refractivity (Wildman–Crippen MR) is 111 cm³/mol. The Bertz CT molecular complexity index is 1030. The molecular weight excluding hydrogens is 354 g/mol. The number of aromatic nitrogens is 2. The van der Waals surface area contributed by atoms with Crippen molar-refractivity contribution >= 4 is 40.4 Å². The summed E-state index contributed by atoms with van der Waals surface area (Å²) in [6.07, 6.45) is 6.21. The van der Waals surface area contributed by atoms with Gasteiger partial charge < -0.3 is 16.0 Å². The molecule has 3 aromatic rings. The van der Waals surface area contributed by atoms with Crippen molar-refractivity contribution in [2.75, 3.05) is 17.2 Å². The maximum Gasteiger partial charge on any atom is 0.319 e. The maximum atomic E-state index is 12.1. The quantitative estimate of drug-likeness (QED) is 0.454. The molecular formula is C21H19N5O2. The highest BCUT2D eigenvalue weighted by atomic mass is 16.2. The highest BCUT2D eigenvalue weighted by molar-refractivity contribution is 6.02. The first kappa shape index (κ1) is 18.8. The van der Waals surface area contributed by atoms with Crippen LogP contribution in [-0.4, -0.2) is 28.5 Å². The topological polar surface area (TPSA) is 96.0 Å². The largest absolute Gasteiger partial charge is 0.334 e. The summed E-state index contributed by atoms with van der Waals surface area (Å²) in [5.41, 5.74) is 3.39. The minimum Gasteiger partial charge on any atom is -0.334 e. The minimum absolute atomic E-state index is 0.292. The number of amides is 3. The van der Waals surface area contributed by atoms with Crippen molar-refractivity contribution in [3.05, 3.63) is 79.2 Å². The van der Waals surface area contributed by atoms with E-state index in [-0.39, 0.29) is 11.9 Å². The molecule has 0 saturated heterocycles. The van der Waals surface area contributed by atoms with Crippen molar-refractivity contribution < 1.29 is 9.59 Å². The Morgan fingerprint density at radius 1 is 0.964 bits per heavy atom. The maximum absolute atomic E-state index is 12.1. The highest BCUT2D eigenvalue weighted by Gasteiger charge is 2.02. The summed E-state index contributed by atoms with van der Waals surface area (Å²) in [7, 11) is 0. The van der Waals surface area contributed by atoms with Gasteiger partial charge >= 0.3 is 6.03 Å². The second-order valence-corrected chi connectivity index (χ2v) is 5.81. The number of nitrogens with zero attached hydrogens (tertiary/aromatic N) is 2. The zero-order chi connectivity index (χ0) is 19.8. The third-order valence-corrected chi connectivity index (χ3v) is 3.69. The Balaban J connectivity index is 1.57. The lowest BCUT2D eigenvalue weighted by Crippen LogP contribution is -2.28. The first-order valence-electron chi connectivity index (χ1n) is 8.61. The van der Waals surface area contributed by atoms with Crippen LogP contribution in [0.5, 0.6) is 0 Å². The van der Waals surface area contributed by atoms with E-state index in [1.165, 1.54) is 6.08 Å². The van der Waals surface area contributed by atoms with Gasteiger partial charge in [-0.25, -0.2) is 9.78 Å². The monoisotopic (exact) mass is 373 g/mol. The van der Waals surface area contributed by atoms with Crippen molar-refractivity contribution in [2.24, 2.45) is 0 Å². The van der Waals surface area contributed by atoms with Gasteiger partial charge in [-0.1, -0.05) is 18.2 Å². The van der Waals surface area contributed by atoms with Crippen LogP contribution in [0.1, 0.15) is 5.69 Å². The molecule has 0 unspecified atom stereocenters. The summed E-state index contributed by atoms with van der Waals surface area (Å²) < 4.78 is 0. The van der Waals surface area contributed by atoms with Crippen molar-refractivity contribution in [2.45, 2.75) is 0 Å². The third-order valence-electron chi connectivity index (χ3n) is 3.69. The van der Waals surface area contributed by atoms with E-state index >= 15 is 0 Å². The number of nitrogens with one attached hydrogen (secondary N) is 3. The fourth-order valence-corrected chi connectivity index (χ4v) is 2.37. The predicted octanol–water partition coefficient (Wildman–Crippen LogP) is 3.59. The van der Waals surface area contributed by atoms with Crippen molar-refractivity contribution in [3.8, 4) is 0 Å². The first-order valence-corrected chi connectivity index (χ1v) is 8.61. The van der Waals surface area contributed by atoms with Gasteiger partial charge in [-0.3, -0.25) is 9.78 Å². The third kappa shape index (κ3) is 5.25.